The van der Waals surface area contributed by atoms with Crippen LogP contribution in [-0.2, 0) is 10.7 Å². The third-order valence-electron chi connectivity index (χ3n) is 4.41. The monoisotopic (exact) mass is 372 g/mol. The molecule has 142 valence electrons. The fourth-order valence-corrected chi connectivity index (χ4v) is 2.92. The van der Waals surface area contributed by atoms with Crippen molar-refractivity contribution in [1.82, 2.24) is 15.3 Å². The van der Waals surface area contributed by atoms with Crippen LogP contribution in [0.4, 0.5) is 14.7 Å². The molecule has 0 fully saturated rings. The van der Waals surface area contributed by atoms with Gasteiger partial charge in [0.1, 0.15) is 0 Å². The molecule has 1 amide bonds. The molecule has 0 saturated heterocycles. The molecular weight excluding hydrogens is 350 g/mol. The molecule has 0 aliphatic heterocycles. The Labute approximate surface area is 156 Å². The van der Waals surface area contributed by atoms with E-state index in [4.69, 9.17) is 0 Å². The second-order valence-corrected chi connectivity index (χ2v) is 6.69. The molecule has 5 nitrogen and oxygen atoms in total. The van der Waals surface area contributed by atoms with E-state index in [9.17, 15) is 13.6 Å². The van der Waals surface area contributed by atoms with Gasteiger partial charge in [0.15, 0.2) is 0 Å². The van der Waals surface area contributed by atoms with Crippen LogP contribution >= 0.6 is 0 Å². The van der Waals surface area contributed by atoms with Crippen LogP contribution < -0.4 is 10.6 Å². The molecule has 7 heteroatoms. The van der Waals surface area contributed by atoms with Gasteiger partial charge in [0.05, 0.1) is 23.5 Å². The summed E-state index contributed by atoms with van der Waals surface area (Å²) < 4.78 is 27.4. The Kier molecular flexibility index (Phi) is 5.12. The van der Waals surface area contributed by atoms with Crippen molar-refractivity contribution in [2.45, 2.75) is 32.2 Å². The van der Waals surface area contributed by atoms with Crippen molar-refractivity contribution in [2.75, 3.05) is 12.4 Å². The van der Waals surface area contributed by atoms with Crippen LogP contribution in [0, 0.1) is 6.92 Å². The standard InChI is InChI=1S/C20H22F2N4O/c1-12-7-8-15-17(9-12)26-19(24-15)25-16(11-18(27)23-3)13-5-4-6-14(10-13)20(2,21)22/h4-10,16H,11H2,1-3H3,(H,23,27)(H2,24,25,26). The van der Waals surface area contributed by atoms with Crippen LogP contribution in [0.3, 0.4) is 0 Å². The number of benzene rings is 2. The van der Waals surface area contributed by atoms with E-state index in [1.807, 2.05) is 25.1 Å². The van der Waals surface area contributed by atoms with Crippen molar-refractivity contribution in [1.29, 1.82) is 0 Å². The first-order chi connectivity index (χ1) is 12.8. The Bertz CT molecular complexity index is 962. The largest absolute Gasteiger partial charge is 0.359 e. The highest BCUT2D eigenvalue weighted by atomic mass is 19.3. The molecule has 0 spiro atoms. The summed E-state index contributed by atoms with van der Waals surface area (Å²) in [5, 5.41) is 5.75. The Balaban J connectivity index is 1.94. The lowest BCUT2D eigenvalue weighted by molar-refractivity contribution is -0.120. The van der Waals surface area contributed by atoms with E-state index in [1.54, 1.807) is 19.2 Å². The molecule has 0 saturated carbocycles. The molecule has 0 radical (unpaired) electrons. The van der Waals surface area contributed by atoms with Gasteiger partial charge < -0.3 is 15.6 Å². The van der Waals surface area contributed by atoms with Crippen molar-refractivity contribution in [3.63, 3.8) is 0 Å². The summed E-state index contributed by atoms with van der Waals surface area (Å²) in [6.45, 7) is 2.84. The summed E-state index contributed by atoms with van der Waals surface area (Å²) in [7, 11) is 1.54. The number of amides is 1. The Morgan fingerprint density at radius 3 is 2.74 bits per heavy atom. The Morgan fingerprint density at radius 1 is 1.26 bits per heavy atom. The van der Waals surface area contributed by atoms with Crippen molar-refractivity contribution >= 4 is 22.9 Å². The second-order valence-electron chi connectivity index (χ2n) is 6.69. The lowest BCUT2D eigenvalue weighted by atomic mass is 9.99. The van der Waals surface area contributed by atoms with Gasteiger partial charge in [-0.25, -0.2) is 13.8 Å². The third kappa shape index (κ3) is 4.42. The zero-order valence-electron chi connectivity index (χ0n) is 15.4. The van der Waals surface area contributed by atoms with Crippen molar-refractivity contribution in [3.8, 4) is 0 Å². The zero-order chi connectivity index (χ0) is 19.6. The molecule has 0 bridgehead atoms. The predicted octanol–water partition coefficient (Wildman–Crippen LogP) is 4.27. The highest BCUT2D eigenvalue weighted by molar-refractivity contribution is 5.79. The quantitative estimate of drug-likeness (QED) is 0.605. The van der Waals surface area contributed by atoms with E-state index >= 15 is 0 Å². The minimum atomic E-state index is -2.95. The van der Waals surface area contributed by atoms with E-state index in [0.717, 1.165) is 23.5 Å². The van der Waals surface area contributed by atoms with Gasteiger partial charge in [-0.2, -0.15) is 0 Å². The van der Waals surface area contributed by atoms with E-state index in [-0.39, 0.29) is 17.9 Å². The van der Waals surface area contributed by atoms with Crippen molar-refractivity contribution in [3.05, 3.63) is 59.2 Å². The van der Waals surface area contributed by atoms with Gasteiger partial charge in [0, 0.05) is 19.5 Å². The number of carbonyl (C=O) groups excluding carboxylic acids is 1. The number of aromatic nitrogens is 2. The van der Waals surface area contributed by atoms with Gasteiger partial charge in [-0.15, -0.1) is 0 Å². The number of halogens is 2. The minimum Gasteiger partial charge on any atom is -0.359 e. The highest BCUT2D eigenvalue weighted by Gasteiger charge is 2.26. The average Bonchev–Trinajstić information content (AvgIpc) is 3.01. The molecule has 0 aliphatic carbocycles. The molecule has 0 aliphatic rings. The first-order valence-electron chi connectivity index (χ1n) is 8.68. The molecule has 27 heavy (non-hydrogen) atoms. The zero-order valence-corrected chi connectivity index (χ0v) is 15.4. The number of hydrogen-bond donors (Lipinski definition) is 3. The van der Waals surface area contributed by atoms with E-state index in [0.29, 0.717) is 11.5 Å². The maximum absolute atomic E-state index is 13.7. The SMILES string of the molecule is CNC(=O)CC(Nc1nc2ccc(C)cc2[nH]1)c1cccc(C(C)(F)F)c1. The molecule has 1 unspecified atom stereocenters. The Hall–Kier alpha value is -2.96. The number of carbonyl (C=O) groups is 1. The maximum Gasteiger partial charge on any atom is 0.270 e. The van der Waals surface area contributed by atoms with Gasteiger partial charge in [-0.3, -0.25) is 4.79 Å². The molecule has 3 rings (SSSR count). The summed E-state index contributed by atoms with van der Waals surface area (Å²) in [6.07, 6.45) is 0.0886. The van der Waals surface area contributed by atoms with Gasteiger partial charge in [0.2, 0.25) is 11.9 Å². The summed E-state index contributed by atoms with van der Waals surface area (Å²) in [6, 6.07) is 11.4. The molecule has 1 aromatic heterocycles. The predicted molar refractivity (Wildman–Crippen MR) is 102 cm³/mol. The lowest BCUT2D eigenvalue weighted by Gasteiger charge is -2.20. The van der Waals surface area contributed by atoms with E-state index in [1.165, 1.54) is 12.1 Å². The van der Waals surface area contributed by atoms with Crippen LogP contribution in [0.1, 0.15) is 36.1 Å². The Morgan fingerprint density at radius 2 is 2.04 bits per heavy atom. The number of aryl methyl sites for hydroxylation is 1. The van der Waals surface area contributed by atoms with Crippen LogP contribution in [0.15, 0.2) is 42.5 Å². The molecule has 1 heterocycles. The number of imidazole rings is 1. The van der Waals surface area contributed by atoms with Crippen LogP contribution in [-0.4, -0.2) is 22.9 Å². The number of nitrogens with one attached hydrogen (secondary N) is 3. The molecule has 1 atom stereocenters. The number of nitrogens with zero attached hydrogens (tertiary/aromatic N) is 1. The number of alkyl halides is 2. The van der Waals surface area contributed by atoms with Crippen molar-refractivity contribution in [2.24, 2.45) is 0 Å². The maximum atomic E-state index is 13.7. The summed E-state index contributed by atoms with van der Waals surface area (Å²) in [4.78, 5) is 19.6. The van der Waals surface area contributed by atoms with E-state index in [2.05, 4.69) is 20.6 Å². The summed E-state index contributed by atoms with van der Waals surface area (Å²) >= 11 is 0. The topological polar surface area (TPSA) is 69.8 Å². The number of hydrogen-bond acceptors (Lipinski definition) is 3. The number of anilines is 1. The number of fused-ring (bicyclic) bond motifs is 1. The smallest absolute Gasteiger partial charge is 0.270 e. The normalized spacial score (nSPS) is 12.8. The molecule has 3 N–H and O–H groups in total. The van der Waals surface area contributed by atoms with E-state index < -0.39 is 12.0 Å². The number of aromatic amines is 1. The van der Waals surface area contributed by atoms with Gasteiger partial charge >= 0.3 is 0 Å². The van der Waals surface area contributed by atoms with Crippen molar-refractivity contribution < 1.29 is 13.6 Å². The number of H-pyrrole nitrogens is 1. The fourth-order valence-electron chi connectivity index (χ4n) is 2.92. The first kappa shape index (κ1) is 18.8. The van der Waals surface area contributed by atoms with Crippen LogP contribution in [0.5, 0.6) is 0 Å². The van der Waals surface area contributed by atoms with Gasteiger partial charge in [0.25, 0.3) is 5.92 Å². The highest BCUT2D eigenvalue weighted by Crippen LogP contribution is 2.30. The summed E-state index contributed by atoms with van der Waals surface area (Å²) in [5.74, 6) is -2.67. The minimum absolute atomic E-state index is 0.0886. The number of rotatable bonds is 6. The van der Waals surface area contributed by atoms with Gasteiger partial charge in [-0.1, -0.05) is 24.3 Å². The van der Waals surface area contributed by atoms with Crippen LogP contribution in [0.25, 0.3) is 11.0 Å². The molecular formula is C20H22F2N4O. The van der Waals surface area contributed by atoms with Crippen LogP contribution in [0.2, 0.25) is 0 Å². The third-order valence-corrected chi connectivity index (χ3v) is 4.41. The first-order valence-corrected chi connectivity index (χ1v) is 8.68. The molecule has 2 aromatic carbocycles. The second kappa shape index (κ2) is 7.34. The lowest BCUT2D eigenvalue weighted by Crippen LogP contribution is -2.24. The summed E-state index contributed by atoms with van der Waals surface area (Å²) in [5.41, 5.74) is 3.25. The molecule has 3 aromatic rings. The van der Waals surface area contributed by atoms with Gasteiger partial charge in [-0.05, 0) is 36.2 Å². The fraction of sp³-hybridized carbons (Fsp3) is 0.300. The average molecular weight is 372 g/mol.